The molecule has 0 spiro atoms. The van der Waals surface area contributed by atoms with E-state index in [1.807, 2.05) is 12.1 Å². The fraction of sp³-hybridized carbons (Fsp3) is 0.409. The van der Waals surface area contributed by atoms with Crippen LogP contribution in [0, 0.1) is 0 Å². The van der Waals surface area contributed by atoms with Crippen LogP contribution in [-0.4, -0.2) is 66.2 Å². The molecule has 0 aliphatic carbocycles. The summed E-state index contributed by atoms with van der Waals surface area (Å²) in [5.41, 5.74) is 1.75. The summed E-state index contributed by atoms with van der Waals surface area (Å²) in [7, 11) is 0. The van der Waals surface area contributed by atoms with Gasteiger partial charge in [0.2, 0.25) is 5.91 Å². The second-order valence-electron chi connectivity index (χ2n) is 7.49. The Morgan fingerprint density at radius 1 is 1.07 bits per heavy atom. The van der Waals surface area contributed by atoms with E-state index >= 15 is 0 Å². The summed E-state index contributed by atoms with van der Waals surface area (Å²) < 4.78 is 5.73. The van der Waals surface area contributed by atoms with E-state index in [1.54, 1.807) is 18.2 Å². The van der Waals surface area contributed by atoms with Gasteiger partial charge >= 0.3 is 0 Å². The number of carbonyl (C=O) groups excluding carboxylic acids is 1. The molecule has 1 atom stereocenters. The molecule has 2 N–H and O–H groups in total. The van der Waals surface area contributed by atoms with Crippen LogP contribution in [0.3, 0.4) is 0 Å². The number of amides is 1. The number of halogens is 2. The minimum Gasteiger partial charge on any atom is -0.489 e. The fourth-order valence-electron chi connectivity index (χ4n) is 3.43. The Labute approximate surface area is 187 Å². The van der Waals surface area contributed by atoms with Gasteiger partial charge < -0.3 is 15.2 Å². The minimum absolute atomic E-state index is 0.138. The normalized spacial score (nSPS) is 16.3. The maximum atomic E-state index is 11.4. The Balaban J connectivity index is 1.42. The van der Waals surface area contributed by atoms with Crippen molar-refractivity contribution in [3.63, 3.8) is 0 Å². The van der Waals surface area contributed by atoms with Gasteiger partial charge in [0, 0.05) is 56.2 Å². The molecule has 1 saturated heterocycles. The fourth-order valence-corrected chi connectivity index (χ4v) is 3.73. The van der Waals surface area contributed by atoms with Gasteiger partial charge in [0.25, 0.3) is 0 Å². The van der Waals surface area contributed by atoms with Gasteiger partial charge in [-0.2, -0.15) is 0 Å². The highest BCUT2D eigenvalue weighted by Crippen LogP contribution is 2.28. The topological polar surface area (TPSA) is 65.0 Å². The van der Waals surface area contributed by atoms with Gasteiger partial charge in [0.05, 0.1) is 5.69 Å². The lowest BCUT2D eigenvalue weighted by Gasteiger charge is -2.35. The molecule has 2 aromatic rings. The number of hydrogen-bond acceptors (Lipinski definition) is 5. The van der Waals surface area contributed by atoms with Gasteiger partial charge in [-0.1, -0.05) is 35.3 Å². The molecule has 1 heterocycles. The molecular weight excluding hydrogens is 425 g/mol. The number of anilines is 1. The zero-order valence-electron chi connectivity index (χ0n) is 17.0. The molecule has 1 amide bonds. The number of aliphatic hydroxyl groups is 1. The largest absolute Gasteiger partial charge is 0.489 e. The third-order valence-corrected chi connectivity index (χ3v) is 5.42. The van der Waals surface area contributed by atoms with Crippen LogP contribution in [0.2, 0.25) is 10.0 Å². The molecule has 0 bridgehead atoms. The zero-order valence-corrected chi connectivity index (χ0v) is 18.5. The van der Waals surface area contributed by atoms with Crippen molar-refractivity contribution < 1.29 is 14.6 Å². The second kappa shape index (κ2) is 11.0. The number of nitrogens with zero attached hydrogens (tertiary/aromatic N) is 2. The maximum absolute atomic E-state index is 11.4. The quantitative estimate of drug-likeness (QED) is 0.642. The van der Waals surface area contributed by atoms with Crippen molar-refractivity contribution in [3.8, 4) is 5.75 Å². The SMILES string of the molecule is CC(=O)Nc1cc(Cl)ccc1OCC(O)CN1CCN(Cc2ccc(Cl)cc2)CC1. The van der Waals surface area contributed by atoms with E-state index in [0.717, 1.165) is 37.7 Å². The van der Waals surface area contributed by atoms with Gasteiger partial charge in [0.15, 0.2) is 0 Å². The molecular formula is C22H27Cl2N3O3. The van der Waals surface area contributed by atoms with Crippen LogP contribution in [0.15, 0.2) is 42.5 Å². The molecule has 162 valence electrons. The van der Waals surface area contributed by atoms with Crippen molar-refractivity contribution >= 4 is 34.8 Å². The van der Waals surface area contributed by atoms with Gasteiger partial charge in [-0.15, -0.1) is 0 Å². The van der Waals surface area contributed by atoms with Crippen LogP contribution >= 0.6 is 23.2 Å². The molecule has 30 heavy (non-hydrogen) atoms. The summed E-state index contributed by atoms with van der Waals surface area (Å²) in [6, 6.07) is 13.0. The molecule has 6 nitrogen and oxygen atoms in total. The molecule has 1 aliphatic heterocycles. The first-order chi connectivity index (χ1) is 14.4. The van der Waals surface area contributed by atoms with E-state index in [4.69, 9.17) is 27.9 Å². The summed E-state index contributed by atoms with van der Waals surface area (Å²) in [6.45, 7) is 6.67. The molecule has 1 unspecified atom stereocenters. The molecule has 0 radical (unpaired) electrons. The van der Waals surface area contributed by atoms with Crippen molar-refractivity contribution in [2.24, 2.45) is 0 Å². The molecule has 3 rings (SSSR count). The third kappa shape index (κ3) is 7.15. The minimum atomic E-state index is -0.631. The Bertz CT molecular complexity index is 840. The lowest BCUT2D eigenvalue weighted by Crippen LogP contribution is -2.48. The Morgan fingerprint density at radius 3 is 2.37 bits per heavy atom. The van der Waals surface area contributed by atoms with Crippen LogP contribution in [-0.2, 0) is 11.3 Å². The molecule has 1 fully saturated rings. The van der Waals surface area contributed by atoms with Crippen molar-refractivity contribution in [1.82, 2.24) is 9.80 Å². The number of piperazine rings is 1. The summed E-state index contributed by atoms with van der Waals surface area (Å²) in [5, 5.41) is 14.4. The average molecular weight is 452 g/mol. The predicted octanol–water partition coefficient (Wildman–Crippen LogP) is 3.51. The van der Waals surface area contributed by atoms with E-state index in [1.165, 1.54) is 12.5 Å². The smallest absolute Gasteiger partial charge is 0.221 e. The number of β-amino-alcohol motifs (C(OH)–C–C–N with tert-alkyl or cyclic N) is 1. The van der Waals surface area contributed by atoms with Gasteiger partial charge in [-0.3, -0.25) is 14.6 Å². The van der Waals surface area contributed by atoms with Crippen LogP contribution in [0.1, 0.15) is 12.5 Å². The summed E-state index contributed by atoms with van der Waals surface area (Å²) in [6.07, 6.45) is -0.631. The number of benzene rings is 2. The third-order valence-electron chi connectivity index (χ3n) is 4.94. The monoisotopic (exact) mass is 451 g/mol. The summed E-state index contributed by atoms with van der Waals surface area (Å²) >= 11 is 11.9. The Kier molecular flexibility index (Phi) is 8.36. The molecule has 0 saturated carbocycles. The number of rotatable bonds is 8. The number of carbonyl (C=O) groups is 1. The zero-order chi connectivity index (χ0) is 21.5. The highest BCUT2D eigenvalue weighted by Gasteiger charge is 2.20. The first kappa shape index (κ1) is 22.8. The van der Waals surface area contributed by atoms with Gasteiger partial charge in [0.1, 0.15) is 18.5 Å². The highest BCUT2D eigenvalue weighted by atomic mass is 35.5. The van der Waals surface area contributed by atoms with Crippen molar-refractivity contribution in [2.75, 3.05) is 44.6 Å². The predicted molar refractivity (Wildman–Crippen MR) is 120 cm³/mol. The van der Waals surface area contributed by atoms with E-state index in [-0.39, 0.29) is 12.5 Å². The standard InChI is InChI=1S/C22H27Cl2N3O3/c1-16(28)25-21-12-19(24)6-7-22(21)30-15-20(29)14-27-10-8-26(9-11-27)13-17-2-4-18(23)5-3-17/h2-7,12,20,29H,8-11,13-15H2,1H3,(H,25,28). The lowest BCUT2D eigenvalue weighted by atomic mass is 10.2. The van der Waals surface area contributed by atoms with Crippen LogP contribution in [0.5, 0.6) is 5.75 Å². The van der Waals surface area contributed by atoms with E-state index in [2.05, 4.69) is 27.2 Å². The van der Waals surface area contributed by atoms with E-state index < -0.39 is 6.10 Å². The van der Waals surface area contributed by atoms with Crippen molar-refractivity contribution in [1.29, 1.82) is 0 Å². The Morgan fingerprint density at radius 2 is 1.70 bits per heavy atom. The molecule has 8 heteroatoms. The average Bonchev–Trinajstić information content (AvgIpc) is 2.70. The number of hydrogen-bond donors (Lipinski definition) is 2. The first-order valence-electron chi connectivity index (χ1n) is 9.96. The van der Waals surface area contributed by atoms with Crippen LogP contribution in [0.4, 0.5) is 5.69 Å². The Hall–Kier alpha value is -1.83. The second-order valence-corrected chi connectivity index (χ2v) is 8.36. The van der Waals surface area contributed by atoms with Crippen LogP contribution < -0.4 is 10.1 Å². The highest BCUT2D eigenvalue weighted by molar-refractivity contribution is 6.31. The van der Waals surface area contributed by atoms with Gasteiger partial charge in [-0.05, 0) is 35.9 Å². The number of ether oxygens (including phenoxy) is 1. The number of nitrogens with one attached hydrogen (secondary N) is 1. The van der Waals surface area contributed by atoms with Gasteiger partial charge in [-0.25, -0.2) is 0 Å². The molecule has 1 aliphatic rings. The summed E-state index contributed by atoms with van der Waals surface area (Å²) in [5.74, 6) is 0.278. The van der Waals surface area contributed by atoms with E-state index in [9.17, 15) is 9.90 Å². The van der Waals surface area contributed by atoms with Crippen LogP contribution in [0.25, 0.3) is 0 Å². The lowest BCUT2D eigenvalue weighted by molar-refractivity contribution is -0.114. The van der Waals surface area contributed by atoms with E-state index in [0.29, 0.717) is 23.0 Å². The molecule has 2 aromatic carbocycles. The molecule has 0 aromatic heterocycles. The maximum Gasteiger partial charge on any atom is 0.221 e. The van der Waals surface area contributed by atoms with Crippen molar-refractivity contribution in [3.05, 3.63) is 58.1 Å². The number of aliphatic hydroxyl groups excluding tert-OH is 1. The first-order valence-corrected chi connectivity index (χ1v) is 10.7. The van der Waals surface area contributed by atoms with Crippen molar-refractivity contribution in [2.45, 2.75) is 19.6 Å². The summed E-state index contributed by atoms with van der Waals surface area (Å²) in [4.78, 5) is 16.0.